The van der Waals surface area contributed by atoms with Gasteiger partial charge in [-0.15, -0.1) is 0 Å². The van der Waals surface area contributed by atoms with Crippen LogP contribution in [0.25, 0.3) is 0 Å². The lowest BCUT2D eigenvalue weighted by atomic mass is 10.0. The summed E-state index contributed by atoms with van der Waals surface area (Å²) in [7, 11) is 0. The molecule has 6 heteroatoms. The van der Waals surface area contributed by atoms with Gasteiger partial charge in [0.25, 0.3) is 0 Å². The standard InChI is InChI=1S/C14H15BrClN3O/c1-9(20)19-4-2-12(3-5-19)18-14-10(8-17)6-11(16)7-13(14)15/h6-7,12,18H,2-5H2,1H3. The highest BCUT2D eigenvalue weighted by atomic mass is 79.9. The molecule has 0 aliphatic carbocycles. The van der Waals surface area contributed by atoms with Gasteiger partial charge in [-0.1, -0.05) is 11.6 Å². The Morgan fingerprint density at radius 1 is 1.50 bits per heavy atom. The summed E-state index contributed by atoms with van der Waals surface area (Å²) in [5, 5.41) is 13.1. The quantitative estimate of drug-likeness (QED) is 0.883. The zero-order valence-corrected chi connectivity index (χ0v) is 13.5. The number of rotatable bonds is 2. The third kappa shape index (κ3) is 3.44. The van der Waals surface area contributed by atoms with Gasteiger partial charge in [0, 0.05) is 35.6 Å². The molecule has 0 bridgehead atoms. The summed E-state index contributed by atoms with van der Waals surface area (Å²) in [5.41, 5.74) is 1.30. The summed E-state index contributed by atoms with van der Waals surface area (Å²) < 4.78 is 0.788. The van der Waals surface area contributed by atoms with Gasteiger partial charge in [-0.2, -0.15) is 5.26 Å². The predicted molar refractivity (Wildman–Crippen MR) is 82.8 cm³/mol. The van der Waals surface area contributed by atoms with Crippen molar-refractivity contribution in [3.05, 3.63) is 27.2 Å². The smallest absolute Gasteiger partial charge is 0.219 e. The van der Waals surface area contributed by atoms with Crippen molar-refractivity contribution in [1.82, 2.24) is 4.90 Å². The first-order valence-corrected chi connectivity index (χ1v) is 7.59. The van der Waals surface area contributed by atoms with Gasteiger partial charge < -0.3 is 10.2 Å². The van der Waals surface area contributed by atoms with Crippen molar-refractivity contribution in [1.29, 1.82) is 5.26 Å². The number of nitriles is 1. The topological polar surface area (TPSA) is 56.1 Å². The predicted octanol–water partition coefficient (Wildman–Crippen LogP) is 3.40. The van der Waals surface area contributed by atoms with Crippen LogP contribution in [0, 0.1) is 11.3 Å². The fourth-order valence-electron chi connectivity index (χ4n) is 2.35. The van der Waals surface area contributed by atoms with Crippen LogP contribution in [0.4, 0.5) is 5.69 Å². The minimum atomic E-state index is 0.119. The normalized spacial score (nSPS) is 15.8. The molecule has 1 aliphatic heterocycles. The second kappa shape index (κ2) is 6.47. The fourth-order valence-corrected chi connectivity index (χ4v) is 3.28. The summed E-state index contributed by atoms with van der Waals surface area (Å²) in [4.78, 5) is 13.1. The van der Waals surface area contributed by atoms with Gasteiger partial charge in [0.2, 0.25) is 5.91 Å². The van der Waals surface area contributed by atoms with Crippen molar-refractivity contribution in [3.8, 4) is 6.07 Å². The second-order valence-electron chi connectivity index (χ2n) is 4.85. The van der Waals surface area contributed by atoms with Crippen LogP contribution in [-0.2, 0) is 4.79 Å². The Hall–Kier alpha value is -1.25. The minimum absolute atomic E-state index is 0.119. The summed E-state index contributed by atoms with van der Waals surface area (Å²) >= 11 is 9.38. The van der Waals surface area contributed by atoms with Crippen molar-refractivity contribution in [2.24, 2.45) is 0 Å². The summed E-state index contributed by atoms with van der Waals surface area (Å²) in [5.74, 6) is 0.119. The molecule has 0 radical (unpaired) electrons. The van der Waals surface area contributed by atoms with E-state index < -0.39 is 0 Å². The molecule has 0 spiro atoms. The molecule has 106 valence electrons. The fraction of sp³-hybridized carbons (Fsp3) is 0.429. The lowest BCUT2D eigenvalue weighted by Crippen LogP contribution is -2.41. The van der Waals surface area contributed by atoms with E-state index in [0.29, 0.717) is 10.6 Å². The van der Waals surface area contributed by atoms with Crippen LogP contribution >= 0.6 is 27.5 Å². The molecule has 0 unspecified atom stereocenters. The molecule has 1 amide bonds. The molecule has 1 fully saturated rings. The minimum Gasteiger partial charge on any atom is -0.380 e. The van der Waals surface area contributed by atoms with Crippen LogP contribution in [-0.4, -0.2) is 29.9 Å². The average Bonchev–Trinajstić information content (AvgIpc) is 2.42. The first kappa shape index (κ1) is 15.1. The number of anilines is 1. The van der Waals surface area contributed by atoms with Crippen molar-refractivity contribution >= 4 is 39.1 Å². The first-order valence-electron chi connectivity index (χ1n) is 6.42. The highest BCUT2D eigenvalue weighted by Crippen LogP contribution is 2.31. The van der Waals surface area contributed by atoms with Gasteiger partial charge in [0.15, 0.2) is 0 Å². The highest BCUT2D eigenvalue weighted by molar-refractivity contribution is 9.10. The molecular formula is C14H15BrClN3O. The SMILES string of the molecule is CC(=O)N1CCC(Nc2c(Br)cc(Cl)cc2C#N)CC1. The van der Waals surface area contributed by atoms with Crippen molar-refractivity contribution in [2.75, 3.05) is 18.4 Å². The van der Waals surface area contributed by atoms with E-state index in [4.69, 9.17) is 11.6 Å². The molecule has 1 saturated heterocycles. The van der Waals surface area contributed by atoms with E-state index in [-0.39, 0.29) is 11.9 Å². The van der Waals surface area contributed by atoms with Crippen LogP contribution in [0.15, 0.2) is 16.6 Å². The zero-order chi connectivity index (χ0) is 14.7. The number of likely N-dealkylation sites (tertiary alicyclic amines) is 1. The number of amides is 1. The number of benzene rings is 1. The van der Waals surface area contributed by atoms with Crippen LogP contribution in [0.5, 0.6) is 0 Å². The van der Waals surface area contributed by atoms with E-state index in [1.165, 1.54) is 0 Å². The number of hydrogen-bond donors (Lipinski definition) is 1. The lowest BCUT2D eigenvalue weighted by molar-refractivity contribution is -0.129. The van der Waals surface area contributed by atoms with Gasteiger partial charge >= 0.3 is 0 Å². The Morgan fingerprint density at radius 2 is 2.15 bits per heavy atom. The van der Waals surface area contributed by atoms with Crippen LogP contribution < -0.4 is 5.32 Å². The molecule has 0 atom stereocenters. The van der Waals surface area contributed by atoms with Gasteiger partial charge in [-0.05, 0) is 40.9 Å². The van der Waals surface area contributed by atoms with E-state index in [1.54, 1.807) is 19.1 Å². The highest BCUT2D eigenvalue weighted by Gasteiger charge is 2.22. The zero-order valence-electron chi connectivity index (χ0n) is 11.1. The number of halogens is 2. The number of carbonyl (C=O) groups is 1. The monoisotopic (exact) mass is 355 g/mol. The Balaban J connectivity index is 2.09. The lowest BCUT2D eigenvalue weighted by Gasteiger charge is -2.32. The molecule has 0 aromatic heterocycles. The van der Waals surface area contributed by atoms with Gasteiger partial charge in [0.1, 0.15) is 6.07 Å². The summed E-state index contributed by atoms with van der Waals surface area (Å²) in [6, 6.07) is 5.84. The molecule has 1 N–H and O–H groups in total. The van der Waals surface area contributed by atoms with Crippen molar-refractivity contribution in [2.45, 2.75) is 25.8 Å². The molecule has 4 nitrogen and oxygen atoms in total. The van der Waals surface area contributed by atoms with Crippen LogP contribution in [0.2, 0.25) is 5.02 Å². The van der Waals surface area contributed by atoms with E-state index in [9.17, 15) is 10.1 Å². The first-order chi connectivity index (χ1) is 9.51. The second-order valence-corrected chi connectivity index (χ2v) is 6.14. The number of nitrogens with zero attached hydrogens (tertiary/aromatic N) is 2. The van der Waals surface area contributed by atoms with Crippen LogP contribution in [0.3, 0.4) is 0 Å². The number of hydrogen-bond acceptors (Lipinski definition) is 3. The third-order valence-corrected chi connectivity index (χ3v) is 4.31. The van der Waals surface area contributed by atoms with E-state index in [0.717, 1.165) is 36.1 Å². The number of carbonyl (C=O) groups excluding carboxylic acids is 1. The van der Waals surface area contributed by atoms with Crippen molar-refractivity contribution < 1.29 is 4.79 Å². The maximum absolute atomic E-state index is 11.3. The van der Waals surface area contributed by atoms with E-state index >= 15 is 0 Å². The summed E-state index contributed by atoms with van der Waals surface area (Å²) in [6.07, 6.45) is 1.75. The van der Waals surface area contributed by atoms with Crippen molar-refractivity contribution in [3.63, 3.8) is 0 Å². The van der Waals surface area contributed by atoms with Crippen LogP contribution in [0.1, 0.15) is 25.3 Å². The molecule has 20 heavy (non-hydrogen) atoms. The molecular weight excluding hydrogens is 342 g/mol. The maximum atomic E-state index is 11.3. The average molecular weight is 357 g/mol. The molecule has 0 saturated carbocycles. The summed E-state index contributed by atoms with van der Waals surface area (Å²) in [6.45, 7) is 3.09. The van der Waals surface area contributed by atoms with Gasteiger partial charge in [-0.25, -0.2) is 0 Å². The maximum Gasteiger partial charge on any atom is 0.219 e. The number of piperidine rings is 1. The van der Waals surface area contributed by atoms with E-state index in [1.807, 2.05) is 4.90 Å². The molecule has 1 heterocycles. The Morgan fingerprint density at radius 3 is 2.70 bits per heavy atom. The Labute approximate surface area is 131 Å². The van der Waals surface area contributed by atoms with Gasteiger partial charge in [-0.3, -0.25) is 4.79 Å². The molecule has 1 aromatic carbocycles. The third-order valence-electron chi connectivity index (χ3n) is 3.46. The van der Waals surface area contributed by atoms with Gasteiger partial charge in [0.05, 0.1) is 11.3 Å². The Kier molecular flexibility index (Phi) is 4.90. The number of nitrogens with one attached hydrogen (secondary N) is 1. The van der Waals surface area contributed by atoms with E-state index in [2.05, 4.69) is 27.3 Å². The molecule has 1 aliphatic rings. The molecule has 2 rings (SSSR count). The molecule has 1 aromatic rings. The Bertz CT molecular complexity index is 562. The largest absolute Gasteiger partial charge is 0.380 e.